The van der Waals surface area contributed by atoms with E-state index in [9.17, 15) is 18.1 Å². The van der Waals surface area contributed by atoms with Gasteiger partial charge in [0.25, 0.3) is 5.91 Å². The Labute approximate surface area is 262 Å². The van der Waals surface area contributed by atoms with Gasteiger partial charge in [-0.15, -0.1) is 0 Å². The highest BCUT2D eigenvalue weighted by Gasteiger charge is 2.49. The van der Waals surface area contributed by atoms with Crippen LogP contribution in [0.4, 0.5) is 13.2 Å². The summed E-state index contributed by atoms with van der Waals surface area (Å²) in [4.78, 5) is 22.5. The quantitative estimate of drug-likeness (QED) is 0.216. The average Bonchev–Trinajstić information content (AvgIpc) is 3.48. The van der Waals surface area contributed by atoms with Crippen LogP contribution in [0.3, 0.4) is 0 Å². The van der Waals surface area contributed by atoms with Gasteiger partial charge in [0.1, 0.15) is 27.9 Å². The number of hydrogen-bond donors (Lipinski definition) is 1. The third-order valence-corrected chi connectivity index (χ3v) is 11.9. The normalized spacial score (nSPS) is 24.6. The van der Waals surface area contributed by atoms with E-state index in [4.69, 9.17) is 14.7 Å². The molecule has 2 aromatic carbocycles. The number of amides is 1. The second-order valence-corrected chi connectivity index (χ2v) is 15.8. The Morgan fingerprint density at radius 2 is 2.00 bits per heavy atom. The van der Waals surface area contributed by atoms with Crippen LogP contribution >= 0.6 is 0 Å². The van der Waals surface area contributed by atoms with Crippen molar-refractivity contribution in [2.24, 2.45) is 5.92 Å². The van der Waals surface area contributed by atoms with Crippen molar-refractivity contribution in [1.82, 2.24) is 19.9 Å². The molecule has 236 valence electrons. The zero-order valence-electron chi connectivity index (χ0n) is 25.6. The summed E-state index contributed by atoms with van der Waals surface area (Å²) in [6.45, 7) is 4.95. The molecule has 1 unspecified atom stereocenters. The molecule has 1 amide bonds. The summed E-state index contributed by atoms with van der Waals surface area (Å²) < 4.78 is 62.1. The molecular formula is C34H35F3N4O3S. The fourth-order valence-electron chi connectivity index (χ4n) is 7.36. The van der Waals surface area contributed by atoms with E-state index < -0.39 is 35.3 Å². The number of benzene rings is 2. The van der Waals surface area contributed by atoms with E-state index in [1.807, 2.05) is 43.5 Å². The fraction of sp³-hybridized carbons (Fsp3) is 0.441. The van der Waals surface area contributed by atoms with E-state index in [0.717, 1.165) is 23.9 Å². The molecule has 0 radical (unpaired) electrons. The lowest BCUT2D eigenvalue weighted by Crippen LogP contribution is -2.46. The molecule has 5 atom stereocenters. The molecular weight excluding hydrogens is 601 g/mol. The number of halogens is 3. The first-order valence-corrected chi connectivity index (χ1v) is 16.6. The minimum absolute atomic E-state index is 0.0403. The number of hydrogen-bond acceptors (Lipinski definition) is 5. The summed E-state index contributed by atoms with van der Waals surface area (Å²) in [5.41, 5.74) is 3.42. The van der Waals surface area contributed by atoms with Gasteiger partial charge in [-0.2, -0.15) is 8.78 Å². The maximum absolute atomic E-state index is 16.0. The molecule has 7 rings (SSSR count). The Kier molecular flexibility index (Phi) is 7.20. The van der Waals surface area contributed by atoms with Crippen LogP contribution in [0.2, 0.25) is 0 Å². The van der Waals surface area contributed by atoms with E-state index in [2.05, 4.69) is 12.2 Å². The van der Waals surface area contributed by atoms with Gasteiger partial charge in [-0.3, -0.25) is 9.78 Å². The lowest BCUT2D eigenvalue weighted by molar-refractivity contribution is -0.0507. The summed E-state index contributed by atoms with van der Waals surface area (Å²) in [5, 5.41) is 2.99. The third kappa shape index (κ3) is 4.90. The second kappa shape index (κ2) is 10.8. The number of carbonyl (C=O) groups excluding carboxylic acids is 1. The molecule has 1 aliphatic carbocycles. The minimum Gasteiger partial charge on any atom is -0.616 e. The van der Waals surface area contributed by atoms with Crippen LogP contribution in [0.15, 0.2) is 48.7 Å². The van der Waals surface area contributed by atoms with E-state index in [-0.39, 0.29) is 33.7 Å². The molecule has 4 heterocycles. The summed E-state index contributed by atoms with van der Waals surface area (Å²) in [5.74, 6) is 0.583. The zero-order valence-corrected chi connectivity index (χ0v) is 26.4. The second-order valence-electron chi connectivity index (χ2n) is 13.5. The van der Waals surface area contributed by atoms with Crippen molar-refractivity contribution < 1.29 is 27.3 Å². The first-order valence-electron chi connectivity index (χ1n) is 15.3. The monoisotopic (exact) mass is 636 g/mol. The van der Waals surface area contributed by atoms with Crippen LogP contribution in [0.25, 0.3) is 22.2 Å². The molecule has 1 saturated carbocycles. The van der Waals surface area contributed by atoms with Gasteiger partial charge in [-0.1, -0.05) is 19.1 Å². The van der Waals surface area contributed by atoms with E-state index >= 15 is 4.39 Å². The number of alkyl halides is 2. The highest BCUT2D eigenvalue weighted by atomic mass is 32.2. The zero-order chi connectivity index (χ0) is 31.8. The molecule has 1 fully saturated rings. The molecule has 0 spiro atoms. The molecule has 11 heteroatoms. The van der Waals surface area contributed by atoms with Crippen molar-refractivity contribution in [1.29, 1.82) is 0 Å². The van der Waals surface area contributed by atoms with E-state index in [0.29, 0.717) is 46.8 Å². The predicted octanol–water partition coefficient (Wildman–Crippen LogP) is 7.22. The lowest BCUT2D eigenvalue weighted by Gasteiger charge is -2.48. The molecule has 45 heavy (non-hydrogen) atoms. The Bertz CT molecular complexity index is 1820. The van der Waals surface area contributed by atoms with Crippen LogP contribution < -0.4 is 10.1 Å². The van der Waals surface area contributed by atoms with E-state index in [1.165, 1.54) is 18.2 Å². The van der Waals surface area contributed by atoms with Crippen LogP contribution in [0, 0.1) is 11.7 Å². The Balaban J connectivity index is 1.26. The number of nitrogens with zero attached hydrogens (tertiary/aromatic N) is 3. The number of aromatic nitrogens is 3. The first kappa shape index (κ1) is 30.1. The van der Waals surface area contributed by atoms with Crippen molar-refractivity contribution >= 4 is 28.1 Å². The van der Waals surface area contributed by atoms with Gasteiger partial charge in [-0.05, 0) is 93.0 Å². The molecule has 2 aliphatic heterocycles. The fourth-order valence-corrected chi connectivity index (χ4v) is 8.52. The summed E-state index contributed by atoms with van der Waals surface area (Å²) >= 11 is -1.04. The van der Waals surface area contributed by atoms with Crippen LogP contribution in [0.1, 0.15) is 92.9 Å². The van der Waals surface area contributed by atoms with Crippen molar-refractivity contribution in [3.8, 4) is 16.9 Å². The van der Waals surface area contributed by atoms with E-state index in [1.54, 1.807) is 12.3 Å². The number of pyridine rings is 1. The van der Waals surface area contributed by atoms with Crippen LogP contribution in [-0.2, 0) is 16.6 Å². The maximum Gasteiger partial charge on any atom is 0.387 e. The Morgan fingerprint density at radius 3 is 2.67 bits per heavy atom. The Hall–Kier alpha value is -3.57. The number of ether oxygens (including phenoxy) is 1. The molecule has 2 aromatic heterocycles. The standard InChI is InChI=1S/C34H35F3N4O3S/c1-18-10-11-34(18,12-13-45(43)33(2,3)4)29-22(35)14-20(17-38-29)19-8-9-23-25(15-19)41-26-16-24(30(41)39-23)40-31(42)21-6-5-7-27(28(21)26)44-32(36)37/h5-9,14-15,17-18,24,26,32H,10-13,16H2,1-4H3,(H,40,42)/t18-,24-,26?,34+,45-/m1/s1. The lowest BCUT2D eigenvalue weighted by atomic mass is 9.57. The van der Waals surface area contributed by atoms with Crippen LogP contribution in [0.5, 0.6) is 5.75 Å². The molecule has 4 aromatic rings. The topological polar surface area (TPSA) is 92.1 Å². The highest BCUT2D eigenvalue weighted by Crippen LogP contribution is 2.52. The third-order valence-electron chi connectivity index (χ3n) is 9.99. The number of carbonyl (C=O) groups is 1. The van der Waals surface area contributed by atoms with Crippen molar-refractivity contribution in [2.75, 3.05) is 5.75 Å². The smallest absolute Gasteiger partial charge is 0.387 e. The van der Waals surface area contributed by atoms with Gasteiger partial charge >= 0.3 is 6.61 Å². The van der Waals surface area contributed by atoms with Gasteiger partial charge in [0.15, 0.2) is 0 Å². The van der Waals surface area contributed by atoms with Crippen LogP contribution in [-0.4, -0.2) is 42.1 Å². The van der Waals surface area contributed by atoms with Gasteiger partial charge in [0.2, 0.25) is 0 Å². The minimum atomic E-state index is -3.04. The number of rotatable bonds is 7. The number of fused-ring (bicyclic) bond motifs is 9. The summed E-state index contributed by atoms with van der Waals surface area (Å²) in [7, 11) is 0. The average molecular weight is 637 g/mol. The SMILES string of the molecule is C[C@@H]1CC[C@@]1(CC[S@@+]([O-])C(C)(C)C)c1ncc(-c2ccc3nc4n(c3c2)C2C[C@H]4NC(=O)c3cccc(OC(F)F)c32)cc1F. The van der Waals surface area contributed by atoms with Gasteiger partial charge in [-0.25, -0.2) is 9.37 Å². The molecule has 7 nitrogen and oxygen atoms in total. The highest BCUT2D eigenvalue weighted by molar-refractivity contribution is 7.92. The van der Waals surface area contributed by atoms with Gasteiger partial charge < -0.3 is 19.2 Å². The van der Waals surface area contributed by atoms with Crippen molar-refractivity contribution in [3.63, 3.8) is 0 Å². The number of imidazole rings is 1. The van der Waals surface area contributed by atoms with Gasteiger partial charge in [0, 0.05) is 34.7 Å². The van der Waals surface area contributed by atoms with Crippen molar-refractivity contribution in [2.45, 2.75) is 82.2 Å². The molecule has 1 N–H and O–H groups in total. The first-order chi connectivity index (χ1) is 21.4. The predicted molar refractivity (Wildman–Crippen MR) is 166 cm³/mol. The van der Waals surface area contributed by atoms with Gasteiger partial charge in [0.05, 0.1) is 28.8 Å². The summed E-state index contributed by atoms with van der Waals surface area (Å²) in [6, 6.07) is 10.9. The molecule has 3 aliphatic rings. The van der Waals surface area contributed by atoms with Crippen molar-refractivity contribution in [3.05, 3.63) is 77.1 Å². The summed E-state index contributed by atoms with van der Waals surface area (Å²) in [6.07, 6.45) is 4.54. The Morgan fingerprint density at radius 1 is 1.20 bits per heavy atom. The molecule has 0 saturated heterocycles. The maximum atomic E-state index is 16.0. The number of nitrogens with one attached hydrogen (secondary N) is 1. The molecule has 2 bridgehead atoms. The largest absolute Gasteiger partial charge is 0.616 e.